The Bertz CT molecular complexity index is 436. The summed E-state index contributed by atoms with van der Waals surface area (Å²) in [4.78, 5) is 4.34. The van der Waals surface area contributed by atoms with Gasteiger partial charge in [0.2, 0.25) is 0 Å². The summed E-state index contributed by atoms with van der Waals surface area (Å²) >= 11 is 1.65. The average Bonchev–Trinajstić information content (AvgIpc) is 2.65. The third-order valence-electron chi connectivity index (χ3n) is 2.14. The second kappa shape index (κ2) is 3.96. The molecule has 0 aliphatic rings. The van der Waals surface area contributed by atoms with E-state index < -0.39 is 0 Å². The van der Waals surface area contributed by atoms with Crippen molar-refractivity contribution < 1.29 is 4.74 Å². The fourth-order valence-electron chi connectivity index (χ4n) is 1.48. The van der Waals surface area contributed by atoms with E-state index in [4.69, 9.17) is 4.74 Å². The van der Waals surface area contributed by atoms with E-state index in [0.717, 1.165) is 17.7 Å². The van der Waals surface area contributed by atoms with Gasteiger partial charge in [0.15, 0.2) is 0 Å². The zero-order valence-corrected chi connectivity index (χ0v) is 8.93. The third kappa shape index (κ3) is 1.60. The van der Waals surface area contributed by atoms with Crippen LogP contribution in [0.5, 0.6) is 5.75 Å². The highest BCUT2D eigenvalue weighted by Gasteiger charge is 2.05. The lowest BCUT2D eigenvalue weighted by Crippen LogP contribution is -1.93. The maximum absolute atomic E-state index is 5.39. The van der Waals surface area contributed by atoms with E-state index in [1.165, 1.54) is 10.3 Å². The molecule has 2 rings (SSSR count). The molecule has 0 amide bonds. The first-order chi connectivity index (χ1) is 6.85. The molecule has 2 nitrogen and oxygen atoms in total. The first kappa shape index (κ1) is 9.46. The van der Waals surface area contributed by atoms with Crippen molar-refractivity contribution in [2.45, 2.75) is 13.3 Å². The molecular weight excluding hydrogens is 194 g/mol. The number of nitrogens with zero attached hydrogens (tertiary/aromatic N) is 1. The average molecular weight is 206 g/mol. The molecule has 14 heavy (non-hydrogen) atoms. The molecule has 0 saturated heterocycles. The Labute approximate surface area is 87.5 Å². The van der Waals surface area contributed by atoms with E-state index in [2.05, 4.69) is 18.8 Å². The van der Waals surface area contributed by atoms with Crippen LogP contribution < -0.4 is 4.74 Å². The molecule has 0 saturated carbocycles. The first-order valence-electron chi connectivity index (χ1n) is 4.63. The van der Waals surface area contributed by atoms with Crippen LogP contribution in [0.2, 0.25) is 0 Å². The second-order valence-electron chi connectivity index (χ2n) is 2.98. The summed E-state index contributed by atoms with van der Waals surface area (Å²) in [5.41, 5.74) is 4.22. The molecule has 3 heteroatoms. The molecule has 0 spiro atoms. The Balaban J connectivity index is 2.55. The Hall–Kier alpha value is -1.09. The van der Waals surface area contributed by atoms with Crippen molar-refractivity contribution in [2.75, 3.05) is 6.61 Å². The van der Waals surface area contributed by atoms with Crippen molar-refractivity contribution in [3.8, 4) is 5.75 Å². The quantitative estimate of drug-likeness (QED) is 0.770. The highest BCUT2D eigenvalue weighted by molar-refractivity contribution is 7.16. The monoisotopic (exact) mass is 206 g/mol. The van der Waals surface area contributed by atoms with Gasteiger partial charge in [-0.1, -0.05) is 6.92 Å². The molecule has 73 valence electrons. The molecule has 1 radical (unpaired) electrons. The molecule has 0 aliphatic carbocycles. The van der Waals surface area contributed by atoms with Crippen LogP contribution in [0.1, 0.15) is 12.5 Å². The molecule has 0 bridgehead atoms. The lowest BCUT2D eigenvalue weighted by atomic mass is 10.1. The predicted molar refractivity (Wildman–Crippen MR) is 59.9 cm³/mol. The van der Waals surface area contributed by atoms with Gasteiger partial charge in [-0.15, -0.1) is 11.3 Å². The van der Waals surface area contributed by atoms with E-state index in [1.807, 2.05) is 17.6 Å². The number of aromatic nitrogens is 1. The van der Waals surface area contributed by atoms with E-state index in [9.17, 15) is 0 Å². The number of fused-ring (bicyclic) bond motifs is 1. The molecule has 1 aromatic heterocycles. The molecule has 1 aromatic carbocycles. The SMILES string of the molecule is [CH2]COc1cc(CC)c2ncsc2c1. The van der Waals surface area contributed by atoms with Gasteiger partial charge in [0.05, 0.1) is 22.3 Å². The lowest BCUT2D eigenvalue weighted by Gasteiger charge is -2.05. The summed E-state index contributed by atoms with van der Waals surface area (Å²) in [6.45, 7) is 6.26. The number of hydrogen-bond acceptors (Lipinski definition) is 3. The van der Waals surface area contributed by atoms with Gasteiger partial charge in [0, 0.05) is 0 Å². The van der Waals surface area contributed by atoms with Crippen LogP contribution in [0.3, 0.4) is 0 Å². The van der Waals surface area contributed by atoms with Gasteiger partial charge < -0.3 is 4.74 Å². The first-order valence-corrected chi connectivity index (χ1v) is 5.51. The highest BCUT2D eigenvalue weighted by atomic mass is 32.1. The molecular formula is C11H12NOS. The fraction of sp³-hybridized carbons (Fsp3) is 0.273. The second-order valence-corrected chi connectivity index (χ2v) is 3.87. The number of ether oxygens (including phenoxy) is 1. The Morgan fingerprint density at radius 1 is 1.50 bits per heavy atom. The summed E-state index contributed by atoms with van der Waals surface area (Å²) in [5.74, 6) is 0.897. The van der Waals surface area contributed by atoms with Crippen LogP contribution in [-0.2, 0) is 6.42 Å². The van der Waals surface area contributed by atoms with Gasteiger partial charge in [-0.2, -0.15) is 0 Å². The van der Waals surface area contributed by atoms with Gasteiger partial charge in [-0.25, -0.2) is 4.98 Å². The summed E-state index contributed by atoms with van der Waals surface area (Å²) in [6.07, 6.45) is 0.981. The minimum atomic E-state index is 0.466. The highest BCUT2D eigenvalue weighted by Crippen LogP contribution is 2.27. The van der Waals surface area contributed by atoms with Crippen LogP contribution in [0.25, 0.3) is 10.2 Å². The summed E-state index contributed by atoms with van der Waals surface area (Å²) in [7, 11) is 0. The zero-order chi connectivity index (χ0) is 9.97. The van der Waals surface area contributed by atoms with Gasteiger partial charge in [-0.05, 0) is 31.0 Å². The predicted octanol–water partition coefficient (Wildman–Crippen LogP) is 3.07. The summed E-state index contributed by atoms with van der Waals surface area (Å²) in [5, 5.41) is 0. The summed E-state index contributed by atoms with van der Waals surface area (Å²) in [6, 6.07) is 4.07. The maximum atomic E-state index is 5.39. The maximum Gasteiger partial charge on any atom is 0.121 e. The molecule has 0 aliphatic heterocycles. The van der Waals surface area contributed by atoms with Gasteiger partial charge in [-0.3, -0.25) is 0 Å². The van der Waals surface area contributed by atoms with Crippen LogP contribution in [-0.4, -0.2) is 11.6 Å². The molecule has 0 N–H and O–H groups in total. The van der Waals surface area contributed by atoms with Crippen molar-refractivity contribution in [2.24, 2.45) is 0 Å². The number of aryl methyl sites for hydroxylation is 1. The fourth-order valence-corrected chi connectivity index (χ4v) is 2.23. The Morgan fingerprint density at radius 3 is 3.07 bits per heavy atom. The molecule has 2 aromatic rings. The molecule has 0 unspecified atom stereocenters. The summed E-state index contributed by atoms with van der Waals surface area (Å²) < 4.78 is 6.58. The number of hydrogen-bond donors (Lipinski definition) is 0. The van der Waals surface area contributed by atoms with Crippen LogP contribution >= 0.6 is 11.3 Å². The van der Waals surface area contributed by atoms with Crippen LogP contribution in [0, 0.1) is 6.92 Å². The Kier molecular flexibility index (Phi) is 2.68. The van der Waals surface area contributed by atoms with Gasteiger partial charge in [0.1, 0.15) is 5.75 Å². The van der Waals surface area contributed by atoms with Crippen LogP contribution in [0.4, 0.5) is 0 Å². The van der Waals surface area contributed by atoms with E-state index in [0.29, 0.717) is 6.61 Å². The third-order valence-corrected chi connectivity index (χ3v) is 2.91. The lowest BCUT2D eigenvalue weighted by molar-refractivity contribution is 0.361. The van der Waals surface area contributed by atoms with E-state index in [-0.39, 0.29) is 0 Å². The van der Waals surface area contributed by atoms with Gasteiger partial charge >= 0.3 is 0 Å². The normalized spacial score (nSPS) is 10.7. The smallest absolute Gasteiger partial charge is 0.121 e. The molecule has 1 heterocycles. The van der Waals surface area contributed by atoms with Crippen molar-refractivity contribution >= 4 is 21.6 Å². The number of thiazole rings is 1. The van der Waals surface area contributed by atoms with Crippen molar-refractivity contribution in [3.63, 3.8) is 0 Å². The van der Waals surface area contributed by atoms with Crippen molar-refractivity contribution in [3.05, 3.63) is 30.1 Å². The standard InChI is InChI=1S/C11H12NOS/c1-3-8-5-9(13-4-2)6-10-11(8)12-7-14-10/h5-7H,2-4H2,1H3. The van der Waals surface area contributed by atoms with Crippen molar-refractivity contribution in [1.29, 1.82) is 0 Å². The topological polar surface area (TPSA) is 22.1 Å². The number of benzene rings is 1. The Morgan fingerprint density at radius 2 is 2.36 bits per heavy atom. The largest absolute Gasteiger partial charge is 0.494 e. The minimum Gasteiger partial charge on any atom is -0.494 e. The van der Waals surface area contributed by atoms with Crippen LogP contribution in [0.15, 0.2) is 17.6 Å². The minimum absolute atomic E-state index is 0.466. The molecule has 0 fully saturated rings. The van der Waals surface area contributed by atoms with Crippen molar-refractivity contribution in [1.82, 2.24) is 4.98 Å². The van der Waals surface area contributed by atoms with Gasteiger partial charge in [0.25, 0.3) is 0 Å². The number of rotatable bonds is 3. The van der Waals surface area contributed by atoms with E-state index in [1.54, 1.807) is 11.3 Å². The molecule has 0 atom stereocenters. The zero-order valence-electron chi connectivity index (χ0n) is 8.12. The van der Waals surface area contributed by atoms with E-state index >= 15 is 0 Å².